The van der Waals surface area contributed by atoms with Crippen molar-refractivity contribution in [2.75, 3.05) is 13.6 Å². The van der Waals surface area contributed by atoms with Crippen LogP contribution in [0.25, 0.3) is 11.1 Å². The summed E-state index contributed by atoms with van der Waals surface area (Å²) in [5.74, 6) is 0. The van der Waals surface area contributed by atoms with E-state index in [1.807, 2.05) is 36.4 Å². The number of aliphatic hydroxyl groups excluding tert-OH is 1. The summed E-state index contributed by atoms with van der Waals surface area (Å²) in [5.41, 5.74) is 3.32. The Hall–Kier alpha value is -1.64. The van der Waals surface area contributed by atoms with Gasteiger partial charge in [0.2, 0.25) is 0 Å². The van der Waals surface area contributed by atoms with Gasteiger partial charge in [0.1, 0.15) is 0 Å². The van der Waals surface area contributed by atoms with E-state index in [1.54, 1.807) is 0 Å². The number of aliphatic hydroxyl groups is 1. The molecule has 2 heteroatoms. The summed E-state index contributed by atoms with van der Waals surface area (Å²) in [7, 11) is 2.13. The van der Waals surface area contributed by atoms with E-state index >= 15 is 0 Å². The van der Waals surface area contributed by atoms with Gasteiger partial charge in [-0.3, -0.25) is 0 Å². The van der Waals surface area contributed by atoms with Gasteiger partial charge in [-0.05, 0) is 57.0 Å². The fourth-order valence-corrected chi connectivity index (χ4v) is 2.62. The Morgan fingerprint density at radius 1 is 0.955 bits per heavy atom. The van der Waals surface area contributed by atoms with Gasteiger partial charge >= 0.3 is 0 Å². The fraction of sp³-hybridized carbons (Fsp3) is 0.400. The predicted octanol–water partition coefficient (Wildman–Crippen LogP) is 4.51. The number of rotatable bonds is 7. The van der Waals surface area contributed by atoms with E-state index in [0.29, 0.717) is 6.04 Å². The smallest absolute Gasteiger partial charge is 0.0796 e. The molecule has 0 saturated heterocycles. The van der Waals surface area contributed by atoms with E-state index in [1.165, 1.54) is 0 Å². The third kappa shape index (κ3) is 4.43. The molecule has 1 unspecified atom stereocenters. The second-order valence-corrected chi connectivity index (χ2v) is 6.19. The van der Waals surface area contributed by atoms with Gasteiger partial charge in [-0.2, -0.15) is 0 Å². The zero-order chi connectivity index (χ0) is 15.9. The topological polar surface area (TPSA) is 23.5 Å². The van der Waals surface area contributed by atoms with Gasteiger partial charge in [-0.1, -0.05) is 54.6 Å². The first kappa shape index (κ1) is 16.7. The largest absolute Gasteiger partial charge is 0.388 e. The lowest BCUT2D eigenvalue weighted by Gasteiger charge is -2.22. The maximum absolute atomic E-state index is 10.6. The standard InChI is InChI=1S/C20H27NO/c1-16(2)21(3)15-9-14-20(22)19-13-8-7-12-18(19)17-10-5-4-6-11-17/h4-8,10-13,16,20,22H,9,14-15H2,1-3H3. The maximum Gasteiger partial charge on any atom is 0.0796 e. The minimum absolute atomic E-state index is 0.406. The van der Waals surface area contributed by atoms with Crippen LogP contribution in [-0.2, 0) is 0 Å². The van der Waals surface area contributed by atoms with Crippen molar-refractivity contribution in [3.8, 4) is 11.1 Å². The van der Waals surface area contributed by atoms with Gasteiger partial charge in [0.25, 0.3) is 0 Å². The predicted molar refractivity (Wildman–Crippen MR) is 93.8 cm³/mol. The average Bonchev–Trinajstić information content (AvgIpc) is 2.55. The lowest BCUT2D eigenvalue weighted by molar-refractivity contribution is 0.155. The zero-order valence-corrected chi connectivity index (χ0v) is 13.9. The highest BCUT2D eigenvalue weighted by Crippen LogP contribution is 2.30. The molecule has 2 aromatic rings. The first-order valence-electron chi connectivity index (χ1n) is 8.12. The SMILES string of the molecule is CC(C)N(C)CCCC(O)c1ccccc1-c1ccccc1. The summed E-state index contributed by atoms with van der Waals surface area (Å²) >= 11 is 0. The molecular formula is C20H27NO. The van der Waals surface area contributed by atoms with E-state index in [2.05, 4.69) is 44.0 Å². The Balaban J connectivity index is 2.06. The van der Waals surface area contributed by atoms with Crippen molar-refractivity contribution < 1.29 is 5.11 Å². The molecule has 0 spiro atoms. The summed E-state index contributed by atoms with van der Waals surface area (Å²) in [6.45, 7) is 5.41. The van der Waals surface area contributed by atoms with Crippen molar-refractivity contribution in [3.05, 3.63) is 60.2 Å². The molecule has 1 N–H and O–H groups in total. The number of nitrogens with zero attached hydrogens (tertiary/aromatic N) is 1. The van der Waals surface area contributed by atoms with Crippen LogP contribution >= 0.6 is 0 Å². The summed E-state index contributed by atoms with van der Waals surface area (Å²) in [5, 5.41) is 10.6. The lowest BCUT2D eigenvalue weighted by atomic mass is 9.94. The Kier molecular flexibility index (Phi) is 6.17. The van der Waals surface area contributed by atoms with Crippen molar-refractivity contribution in [1.82, 2.24) is 4.90 Å². The van der Waals surface area contributed by atoms with Crippen LogP contribution in [-0.4, -0.2) is 29.6 Å². The molecule has 0 radical (unpaired) electrons. The normalized spacial score (nSPS) is 12.8. The van der Waals surface area contributed by atoms with E-state index in [4.69, 9.17) is 0 Å². The van der Waals surface area contributed by atoms with Gasteiger partial charge < -0.3 is 10.0 Å². The molecule has 0 bridgehead atoms. The molecule has 1 atom stereocenters. The van der Waals surface area contributed by atoms with Crippen molar-refractivity contribution in [1.29, 1.82) is 0 Å². The van der Waals surface area contributed by atoms with Crippen LogP contribution < -0.4 is 0 Å². The Labute approximate surface area is 134 Å². The molecule has 118 valence electrons. The van der Waals surface area contributed by atoms with Gasteiger partial charge in [0, 0.05) is 6.04 Å². The Morgan fingerprint density at radius 3 is 2.27 bits per heavy atom. The number of hydrogen-bond acceptors (Lipinski definition) is 2. The van der Waals surface area contributed by atoms with E-state index in [9.17, 15) is 5.11 Å². The molecule has 0 fully saturated rings. The van der Waals surface area contributed by atoms with Crippen LogP contribution in [0, 0.1) is 0 Å². The van der Waals surface area contributed by atoms with Crippen molar-refractivity contribution in [2.45, 2.75) is 38.8 Å². The minimum atomic E-state index is -0.406. The van der Waals surface area contributed by atoms with Crippen LogP contribution in [0.3, 0.4) is 0 Å². The molecule has 0 aliphatic carbocycles. The van der Waals surface area contributed by atoms with Gasteiger partial charge in [-0.15, -0.1) is 0 Å². The monoisotopic (exact) mass is 297 g/mol. The number of hydrogen-bond donors (Lipinski definition) is 1. The second kappa shape index (κ2) is 8.11. The molecule has 22 heavy (non-hydrogen) atoms. The van der Waals surface area contributed by atoms with Gasteiger partial charge in [0.15, 0.2) is 0 Å². The average molecular weight is 297 g/mol. The molecule has 0 heterocycles. The first-order valence-corrected chi connectivity index (χ1v) is 8.12. The lowest BCUT2D eigenvalue weighted by Crippen LogP contribution is -2.27. The van der Waals surface area contributed by atoms with Crippen LogP contribution in [0.1, 0.15) is 38.4 Å². The molecule has 2 rings (SSSR count). The molecule has 0 aliphatic heterocycles. The maximum atomic E-state index is 10.6. The summed E-state index contributed by atoms with van der Waals surface area (Å²) in [6.07, 6.45) is 1.39. The highest BCUT2D eigenvalue weighted by Gasteiger charge is 2.13. The van der Waals surface area contributed by atoms with E-state index < -0.39 is 6.10 Å². The fourth-order valence-electron chi connectivity index (χ4n) is 2.62. The van der Waals surface area contributed by atoms with Crippen LogP contribution in [0.15, 0.2) is 54.6 Å². The highest BCUT2D eigenvalue weighted by molar-refractivity contribution is 5.67. The molecule has 0 aliphatic rings. The quantitative estimate of drug-likeness (QED) is 0.813. The Bertz CT molecular complexity index is 565. The third-order valence-electron chi connectivity index (χ3n) is 4.27. The third-order valence-corrected chi connectivity index (χ3v) is 4.27. The van der Waals surface area contributed by atoms with Crippen LogP contribution in [0.2, 0.25) is 0 Å². The molecule has 0 aromatic heterocycles. The number of benzene rings is 2. The van der Waals surface area contributed by atoms with Crippen LogP contribution in [0.4, 0.5) is 0 Å². The summed E-state index contributed by atoms with van der Waals surface area (Å²) in [6, 6.07) is 19.0. The zero-order valence-electron chi connectivity index (χ0n) is 13.9. The molecule has 2 aromatic carbocycles. The van der Waals surface area contributed by atoms with E-state index in [-0.39, 0.29) is 0 Å². The van der Waals surface area contributed by atoms with E-state index in [0.717, 1.165) is 36.1 Å². The molecule has 0 amide bonds. The second-order valence-electron chi connectivity index (χ2n) is 6.19. The molecular weight excluding hydrogens is 270 g/mol. The molecule has 2 nitrogen and oxygen atoms in total. The first-order chi connectivity index (χ1) is 10.6. The van der Waals surface area contributed by atoms with Gasteiger partial charge in [0.05, 0.1) is 6.10 Å². The summed E-state index contributed by atoms with van der Waals surface area (Å²) in [4.78, 5) is 2.32. The van der Waals surface area contributed by atoms with Crippen LogP contribution in [0.5, 0.6) is 0 Å². The van der Waals surface area contributed by atoms with Crippen molar-refractivity contribution in [3.63, 3.8) is 0 Å². The van der Waals surface area contributed by atoms with Crippen molar-refractivity contribution >= 4 is 0 Å². The minimum Gasteiger partial charge on any atom is -0.388 e. The highest BCUT2D eigenvalue weighted by atomic mass is 16.3. The molecule has 0 saturated carbocycles. The Morgan fingerprint density at radius 2 is 1.59 bits per heavy atom. The van der Waals surface area contributed by atoms with Crippen molar-refractivity contribution in [2.24, 2.45) is 0 Å². The summed E-state index contributed by atoms with van der Waals surface area (Å²) < 4.78 is 0. The van der Waals surface area contributed by atoms with Gasteiger partial charge in [-0.25, -0.2) is 0 Å².